The van der Waals surface area contributed by atoms with Crippen LogP contribution in [0.2, 0.25) is 0 Å². The van der Waals surface area contributed by atoms with Gasteiger partial charge in [0.05, 0.1) is 23.3 Å². The Labute approximate surface area is 386 Å². The van der Waals surface area contributed by atoms with Crippen LogP contribution in [0.4, 0.5) is 22.9 Å². The van der Waals surface area contributed by atoms with Crippen molar-refractivity contribution in [3.8, 4) is 45.0 Å². The highest BCUT2D eigenvalue weighted by molar-refractivity contribution is 7.26. The van der Waals surface area contributed by atoms with Gasteiger partial charge in [0, 0.05) is 65.2 Å². The monoisotopic (exact) mass is 867 g/mol. The van der Waals surface area contributed by atoms with Crippen molar-refractivity contribution in [2.24, 2.45) is 0 Å². The van der Waals surface area contributed by atoms with E-state index in [1.54, 1.807) is 0 Å². The lowest BCUT2D eigenvalue weighted by Gasteiger charge is -2.32. The van der Waals surface area contributed by atoms with Crippen molar-refractivity contribution in [2.75, 3.05) is 16.5 Å². The zero-order valence-corrected chi connectivity index (χ0v) is 36.7. The molecule has 0 unspecified atom stereocenters. The minimum Gasteiger partial charge on any atom is -0.473 e. The normalized spacial score (nSPS) is 12.5. The number of furan rings is 1. The lowest BCUT2D eigenvalue weighted by atomic mass is 9.93. The third-order valence-corrected chi connectivity index (χ3v) is 14.1. The van der Waals surface area contributed by atoms with Crippen molar-refractivity contribution < 1.29 is 9.15 Å². The van der Waals surface area contributed by atoms with Crippen LogP contribution < -0.4 is 14.5 Å². The first-order chi connectivity index (χ1) is 32.7. The van der Waals surface area contributed by atoms with Gasteiger partial charge < -0.3 is 18.6 Å². The molecule has 0 amide bonds. The van der Waals surface area contributed by atoms with E-state index in [0.717, 1.165) is 74.5 Å². The molecule has 0 bridgehead atoms. The molecule has 3 aromatic heterocycles. The quantitative estimate of drug-likeness (QED) is 0.152. The van der Waals surface area contributed by atoms with Crippen LogP contribution >= 0.6 is 11.3 Å². The number of aromatic nitrogens is 1. The standard InChI is InChI=1S/C60H41N3O2S/c1-4-15-40(16-5-1)41-27-30-45(31-28-41)62(59-34-33-55(65-59)42-29-32-49-48-21-10-12-24-53(48)63(54(49)35-42)44-19-8-3-9-20-44)46-36-51(60-50-22-11-13-26-57(50)66-58(60)37-46)47-23-14-25-56-52(47)38-61(39-64-56)43-17-6-2-7-18-43/h1-37H,38-39H2. The zero-order valence-electron chi connectivity index (χ0n) is 35.8. The summed E-state index contributed by atoms with van der Waals surface area (Å²) >= 11 is 1.83. The van der Waals surface area contributed by atoms with Crippen LogP contribution in [0.5, 0.6) is 5.75 Å². The molecule has 0 fully saturated rings. The lowest BCUT2D eigenvalue weighted by Crippen LogP contribution is -2.32. The molecule has 0 radical (unpaired) electrons. The van der Waals surface area contributed by atoms with E-state index in [0.29, 0.717) is 6.73 Å². The van der Waals surface area contributed by atoms with E-state index in [1.807, 2.05) is 11.3 Å². The number of hydrogen-bond donors (Lipinski definition) is 0. The molecule has 4 heterocycles. The molecule has 0 aliphatic carbocycles. The summed E-state index contributed by atoms with van der Waals surface area (Å²) in [6, 6.07) is 80.1. The van der Waals surface area contributed by atoms with Gasteiger partial charge >= 0.3 is 0 Å². The molecule has 9 aromatic carbocycles. The summed E-state index contributed by atoms with van der Waals surface area (Å²) in [5, 5.41) is 4.91. The van der Waals surface area contributed by atoms with Crippen LogP contribution in [-0.2, 0) is 6.54 Å². The highest BCUT2D eigenvalue weighted by Crippen LogP contribution is 2.49. The van der Waals surface area contributed by atoms with Gasteiger partial charge in [-0.15, -0.1) is 11.3 Å². The van der Waals surface area contributed by atoms with Gasteiger partial charge in [-0.05, 0) is 101 Å². The van der Waals surface area contributed by atoms with Crippen molar-refractivity contribution >= 4 is 76.3 Å². The number of hydrogen-bond acceptors (Lipinski definition) is 5. The Morgan fingerprint density at radius 2 is 1.14 bits per heavy atom. The Kier molecular flexibility index (Phi) is 9.10. The van der Waals surface area contributed by atoms with Crippen molar-refractivity contribution in [3.63, 3.8) is 0 Å². The first-order valence-corrected chi connectivity index (χ1v) is 23.2. The molecule has 0 spiro atoms. The third kappa shape index (κ3) is 6.45. The molecule has 66 heavy (non-hydrogen) atoms. The maximum atomic E-state index is 7.09. The average molecular weight is 868 g/mol. The van der Waals surface area contributed by atoms with Crippen molar-refractivity contribution in [1.29, 1.82) is 0 Å². The van der Waals surface area contributed by atoms with Crippen LogP contribution in [0, 0.1) is 0 Å². The van der Waals surface area contributed by atoms with Crippen LogP contribution in [0.25, 0.3) is 81.2 Å². The van der Waals surface area contributed by atoms with Gasteiger partial charge in [0.1, 0.15) is 11.5 Å². The van der Waals surface area contributed by atoms with E-state index in [-0.39, 0.29) is 0 Å². The number of rotatable bonds is 8. The van der Waals surface area contributed by atoms with Gasteiger partial charge in [0.2, 0.25) is 5.88 Å². The van der Waals surface area contributed by atoms with Crippen LogP contribution in [0.3, 0.4) is 0 Å². The average Bonchev–Trinajstić information content (AvgIpc) is 4.11. The van der Waals surface area contributed by atoms with Crippen LogP contribution in [0.15, 0.2) is 229 Å². The van der Waals surface area contributed by atoms with Crippen LogP contribution in [-0.4, -0.2) is 11.3 Å². The van der Waals surface area contributed by atoms with Gasteiger partial charge in [-0.3, -0.25) is 4.90 Å². The smallest absolute Gasteiger partial charge is 0.205 e. The number of thiophene rings is 1. The molecule has 5 nitrogen and oxygen atoms in total. The number of nitrogens with zero attached hydrogens (tertiary/aromatic N) is 3. The highest BCUT2D eigenvalue weighted by Gasteiger charge is 2.26. The summed E-state index contributed by atoms with van der Waals surface area (Å²) in [5.41, 5.74) is 13.4. The van der Waals surface area contributed by atoms with E-state index < -0.39 is 0 Å². The number of ether oxygens (including phenoxy) is 1. The summed E-state index contributed by atoms with van der Waals surface area (Å²) in [6.45, 7) is 1.22. The predicted molar refractivity (Wildman–Crippen MR) is 275 cm³/mol. The Bertz CT molecular complexity index is 3740. The SMILES string of the molecule is c1ccc(-c2ccc(N(c3cc(-c4cccc5c4CN(c4ccccc4)CO5)c4c(c3)sc3ccccc34)c3ccc(-c4ccc5c6ccccc6n(-c6ccccc6)c5c4)o3)cc2)cc1. The molecule has 6 heteroatoms. The minimum atomic E-state index is 0.492. The molecule has 314 valence electrons. The fourth-order valence-electron chi connectivity index (χ4n) is 9.91. The summed E-state index contributed by atoms with van der Waals surface area (Å²) in [6.07, 6.45) is 0. The second kappa shape index (κ2) is 15.7. The third-order valence-electron chi connectivity index (χ3n) is 13.0. The predicted octanol–water partition coefficient (Wildman–Crippen LogP) is 16.6. The van der Waals surface area contributed by atoms with E-state index in [9.17, 15) is 0 Å². The van der Waals surface area contributed by atoms with Gasteiger partial charge in [0.25, 0.3) is 0 Å². The maximum absolute atomic E-state index is 7.09. The number of fused-ring (bicyclic) bond motifs is 7. The number of para-hydroxylation sites is 3. The number of anilines is 4. The molecule has 0 saturated carbocycles. The lowest BCUT2D eigenvalue weighted by molar-refractivity contribution is 0.290. The first kappa shape index (κ1) is 38.2. The van der Waals surface area contributed by atoms with Crippen molar-refractivity contribution in [1.82, 2.24) is 4.57 Å². The van der Waals surface area contributed by atoms with Crippen molar-refractivity contribution in [3.05, 3.63) is 230 Å². The molecule has 0 atom stereocenters. The van der Waals surface area contributed by atoms with Gasteiger partial charge in [0.15, 0.2) is 6.73 Å². The largest absolute Gasteiger partial charge is 0.473 e. The van der Waals surface area contributed by atoms with Crippen LogP contribution in [0.1, 0.15) is 5.56 Å². The maximum Gasteiger partial charge on any atom is 0.205 e. The summed E-state index contributed by atoms with van der Waals surface area (Å²) in [5.74, 6) is 2.44. The summed E-state index contributed by atoms with van der Waals surface area (Å²) in [4.78, 5) is 4.58. The van der Waals surface area contributed by atoms with E-state index >= 15 is 0 Å². The van der Waals surface area contributed by atoms with Gasteiger partial charge in [-0.2, -0.15) is 0 Å². The van der Waals surface area contributed by atoms with E-state index in [4.69, 9.17) is 9.15 Å². The Balaban J connectivity index is 0.994. The first-order valence-electron chi connectivity index (χ1n) is 22.4. The zero-order chi connectivity index (χ0) is 43.6. The second-order valence-electron chi connectivity index (χ2n) is 16.9. The Morgan fingerprint density at radius 1 is 0.455 bits per heavy atom. The molecule has 1 aliphatic rings. The van der Waals surface area contributed by atoms with Gasteiger partial charge in [-0.1, -0.05) is 140 Å². The molecule has 0 N–H and O–H groups in total. The molecular formula is C60H41N3O2S. The Hall–Kier alpha value is -8.32. The highest BCUT2D eigenvalue weighted by atomic mass is 32.1. The molecule has 0 saturated heterocycles. The summed E-state index contributed by atoms with van der Waals surface area (Å²) in [7, 11) is 0. The molecule has 1 aliphatic heterocycles. The molecular weight excluding hydrogens is 827 g/mol. The van der Waals surface area contributed by atoms with E-state index in [1.165, 1.54) is 47.6 Å². The molecule has 12 aromatic rings. The fourth-order valence-corrected chi connectivity index (χ4v) is 11.1. The Morgan fingerprint density at radius 3 is 1.95 bits per heavy atom. The number of benzene rings is 9. The molecule has 13 rings (SSSR count). The minimum absolute atomic E-state index is 0.492. The fraction of sp³-hybridized carbons (Fsp3) is 0.0333. The van der Waals surface area contributed by atoms with Crippen molar-refractivity contribution in [2.45, 2.75) is 6.54 Å². The second-order valence-corrected chi connectivity index (χ2v) is 17.9. The summed E-state index contributed by atoms with van der Waals surface area (Å²) < 4.78 is 18.4. The van der Waals surface area contributed by atoms with E-state index in [2.05, 4.69) is 239 Å². The van der Waals surface area contributed by atoms with Gasteiger partial charge in [-0.25, -0.2) is 0 Å². The topological polar surface area (TPSA) is 33.8 Å².